The second kappa shape index (κ2) is 7.09. The van der Waals surface area contributed by atoms with Gasteiger partial charge >= 0.3 is 0 Å². The highest BCUT2D eigenvalue weighted by Crippen LogP contribution is 2.34. The number of hydrogen-bond donors (Lipinski definition) is 0. The Kier molecular flexibility index (Phi) is 4.93. The lowest BCUT2D eigenvalue weighted by atomic mass is 9.98. The molecule has 0 aromatic heterocycles. The normalized spacial score (nSPS) is 21.2. The number of benzene rings is 1. The summed E-state index contributed by atoms with van der Waals surface area (Å²) in [7, 11) is 0. The second-order valence-corrected chi connectivity index (χ2v) is 5.85. The maximum Gasteiger partial charge on any atom is 0.119 e. The minimum atomic E-state index is 0.767. The average molecular weight is 275 g/mol. The Morgan fingerprint density at radius 1 is 1.05 bits per heavy atom. The van der Waals surface area contributed by atoms with Gasteiger partial charge in [-0.3, -0.25) is 4.90 Å². The van der Waals surface area contributed by atoms with Gasteiger partial charge in [0.2, 0.25) is 0 Å². The Morgan fingerprint density at radius 2 is 1.75 bits per heavy atom. The molecular formula is C17H25NO2. The Morgan fingerprint density at radius 3 is 2.45 bits per heavy atom. The quantitative estimate of drug-likeness (QED) is 0.824. The molecule has 0 radical (unpaired) electrons. The van der Waals surface area contributed by atoms with Crippen molar-refractivity contribution < 1.29 is 9.47 Å². The molecule has 3 heteroatoms. The van der Waals surface area contributed by atoms with Crippen molar-refractivity contribution in [2.45, 2.75) is 31.6 Å². The van der Waals surface area contributed by atoms with Gasteiger partial charge in [0.25, 0.3) is 0 Å². The van der Waals surface area contributed by atoms with Crippen LogP contribution in [0.15, 0.2) is 24.3 Å². The van der Waals surface area contributed by atoms with Crippen LogP contribution in [0.3, 0.4) is 0 Å². The van der Waals surface area contributed by atoms with Gasteiger partial charge in [0.1, 0.15) is 12.4 Å². The van der Waals surface area contributed by atoms with Crippen LogP contribution in [0.25, 0.3) is 0 Å². The summed E-state index contributed by atoms with van der Waals surface area (Å²) in [5.74, 6) is 1.79. The second-order valence-electron chi connectivity index (χ2n) is 5.85. The zero-order valence-corrected chi connectivity index (χ0v) is 12.2. The zero-order valence-electron chi connectivity index (χ0n) is 12.2. The Labute approximate surface area is 121 Å². The van der Waals surface area contributed by atoms with E-state index < -0.39 is 0 Å². The van der Waals surface area contributed by atoms with Crippen LogP contribution in [0, 0.1) is 0 Å². The van der Waals surface area contributed by atoms with Gasteiger partial charge in [0.05, 0.1) is 13.2 Å². The molecule has 0 unspecified atom stereocenters. The van der Waals surface area contributed by atoms with Crippen molar-refractivity contribution in [3.8, 4) is 5.75 Å². The van der Waals surface area contributed by atoms with Gasteiger partial charge in [0, 0.05) is 19.6 Å². The van der Waals surface area contributed by atoms with Crippen LogP contribution in [0.1, 0.15) is 37.2 Å². The average Bonchev–Trinajstić information content (AvgIpc) is 3.03. The minimum absolute atomic E-state index is 0.767. The van der Waals surface area contributed by atoms with Crippen molar-refractivity contribution in [2.24, 2.45) is 0 Å². The van der Waals surface area contributed by atoms with Gasteiger partial charge in [-0.2, -0.15) is 0 Å². The number of morpholine rings is 1. The summed E-state index contributed by atoms with van der Waals surface area (Å²) in [5, 5.41) is 0. The number of ether oxygens (including phenoxy) is 2. The number of rotatable bonds is 5. The first-order valence-electron chi connectivity index (χ1n) is 7.95. The van der Waals surface area contributed by atoms with E-state index in [2.05, 4.69) is 29.2 Å². The molecule has 1 aliphatic heterocycles. The Bertz CT molecular complexity index is 392. The van der Waals surface area contributed by atoms with Crippen LogP contribution < -0.4 is 4.74 Å². The van der Waals surface area contributed by atoms with E-state index in [0.29, 0.717) is 0 Å². The SMILES string of the molecule is c1cc(C2CCCC2)ccc1OCCN1CCOCC1. The topological polar surface area (TPSA) is 21.7 Å². The van der Waals surface area contributed by atoms with Gasteiger partial charge in [-0.25, -0.2) is 0 Å². The highest BCUT2D eigenvalue weighted by Gasteiger charge is 2.16. The fourth-order valence-corrected chi connectivity index (χ4v) is 3.21. The lowest BCUT2D eigenvalue weighted by Gasteiger charge is -2.26. The molecule has 3 rings (SSSR count). The van der Waals surface area contributed by atoms with Crippen molar-refractivity contribution in [1.29, 1.82) is 0 Å². The molecular weight excluding hydrogens is 250 g/mol. The van der Waals surface area contributed by atoms with Crippen LogP contribution in [-0.2, 0) is 4.74 Å². The van der Waals surface area contributed by atoms with Gasteiger partial charge in [-0.05, 0) is 36.5 Å². The van der Waals surface area contributed by atoms with Crippen molar-refractivity contribution in [3.63, 3.8) is 0 Å². The lowest BCUT2D eigenvalue weighted by molar-refractivity contribution is 0.0322. The molecule has 0 N–H and O–H groups in total. The maximum atomic E-state index is 5.84. The molecule has 1 aliphatic carbocycles. The molecule has 3 nitrogen and oxygen atoms in total. The third-order valence-electron chi connectivity index (χ3n) is 4.49. The van der Waals surface area contributed by atoms with E-state index in [9.17, 15) is 0 Å². The predicted octanol–water partition coefficient (Wildman–Crippen LogP) is 3.06. The molecule has 0 bridgehead atoms. The summed E-state index contributed by atoms with van der Waals surface area (Å²) >= 11 is 0. The molecule has 0 spiro atoms. The minimum Gasteiger partial charge on any atom is -0.492 e. The van der Waals surface area contributed by atoms with E-state index in [1.807, 2.05) is 0 Å². The highest BCUT2D eigenvalue weighted by atomic mass is 16.5. The van der Waals surface area contributed by atoms with Crippen LogP contribution in [0.4, 0.5) is 0 Å². The Balaban J connectivity index is 1.43. The molecule has 1 saturated heterocycles. The van der Waals surface area contributed by atoms with Gasteiger partial charge in [-0.1, -0.05) is 25.0 Å². The molecule has 2 fully saturated rings. The van der Waals surface area contributed by atoms with Gasteiger partial charge < -0.3 is 9.47 Å². The van der Waals surface area contributed by atoms with Gasteiger partial charge in [0.15, 0.2) is 0 Å². The third kappa shape index (κ3) is 3.74. The monoisotopic (exact) mass is 275 g/mol. The lowest BCUT2D eigenvalue weighted by Crippen LogP contribution is -2.38. The van der Waals surface area contributed by atoms with E-state index >= 15 is 0 Å². The van der Waals surface area contributed by atoms with Crippen molar-refractivity contribution in [3.05, 3.63) is 29.8 Å². The summed E-state index contributed by atoms with van der Waals surface area (Å²) in [6.45, 7) is 5.54. The molecule has 0 amide bonds. The molecule has 20 heavy (non-hydrogen) atoms. The third-order valence-corrected chi connectivity index (χ3v) is 4.49. The maximum absolute atomic E-state index is 5.84. The van der Waals surface area contributed by atoms with E-state index in [1.54, 1.807) is 0 Å². The van der Waals surface area contributed by atoms with E-state index in [1.165, 1.54) is 31.2 Å². The smallest absolute Gasteiger partial charge is 0.119 e. The first kappa shape index (κ1) is 13.9. The summed E-state index contributed by atoms with van der Waals surface area (Å²) in [6, 6.07) is 8.76. The van der Waals surface area contributed by atoms with Crippen LogP contribution in [0.5, 0.6) is 5.75 Å². The summed E-state index contributed by atoms with van der Waals surface area (Å²) in [6.07, 6.45) is 5.50. The summed E-state index contributed by atoms with van der Waals surface area (Å²) in [4.78, 5) is 2.40. The van der Waals surface area contributed by atoms with E-state index in [0.717, 1.165) is 51.1 Å². The van der Waals surface area contributed by atoms with Crippen molar-refractivity contribution >= 4 is 0 Å². The van der Waals surface area contributed by atoms with Gasteiger partial charge in [-0.15, -0.1) is 0 Å². The fourth-order valence-electron chi connectivity index (χ4n) is 3.21. The van der Waals surface area contributed by atoms with Crippen molar-refractivity contribution in [1.82, 2.24) is 4.90 Å². The molecule has 1 aromatic rings. The predicted molar refractivity (Wildman–Crippen MR) is 80.4 cm³/mol. The van der Waals surface area contributed by atoms with Crippen LogP contribution >= 0.6 is 0 Å². The van der Waals surface area contributed by atoms with E-state index in [-0.39, 0.29) is 0 Å². The standard InChI is InChI=1S/C17H25NO2/c1-2-4-15(3-1)16-5-7-17(8-6-16)20-14-11-18-9-12-19-13-10-18/h5-8,15H,1-4,9-14H2. The molecule has 110 valence electrons. The number of hydrogen-bond acceptors (Lipinski definition) is 3. The summed E-state index contributed by atoms with van der Waals surface area (Å²) < 4.78 is 11.2. The van der Waals surface area contributed by atoms with Crippen LogP contribution in [0.2, 0.25) is 0 Å². The first-order valence-corrected chi connectivity index (χ1v) is 7.95. The Hall–Kier alpha value is -1.06. The van der Waals surface area contributed by atoms with Crippen molar-refractivity contribution in [2.75, 3.05) is 39.5 Å². The zero-order chi connectivity index (χ0) is 13.6. The molecule has 1 saturated carbocycles. The molecule has 1 aromatic carbocycles. The van der Waals surface area contributed by atoms with Crippen LogP contribution in [-0.4, -0.2) is 44.4 Å². The fraction of sp³-hybridized carbons (Fsp3) is 0.647. The first-order chi connectivity index (χ1) is 9.92. The highest BCUT2D eigenvalue weighted by molar-refractivity contribution is 5.29. The molecule has 0 atom stereocenters. The summed E-state index contributed by atoms with van der Waals surface area (Å²) in [5.41, 5.74) is 1.49. The molecule has 2 aliphatic rings. The largest absolute Gasteiger partial charge is 0.492 e. The number of nitrogens with zero attached hydrogens (tertiary/aromatic N) is 1. The molecule has 1 heterocycles. The van der Waals surface area contributed by atoms with E-state index in [4.69, 9.17) is 9.47 Å².